The van der Waals surface area contributed by atoms with Crippen molar-refractivity contribution in [3.05, 3.63) is 34.6 Å². The molecule has 1 aliphatic rings. The highest BCUT2D eigenvalue weighted by Gasteiger charge is 2.47. The van der Waals surface area contributed by atoms with Crippen molar-refractivity contribution in [2.75, 3.05) is 0 Å². The molecule has 2 atom stereocenters. The predicted octanol–water partition coefficient (Wildman–Crippen LogP) is 3.32. The van der Waals surface area contributed by atoms with E-state index < -0.39 is 0 Å². The highest BCUT2D eigenvalue weighted by Crippen LogP contribution is 2.52. The molecule has 0 amide bonds. The summed E-state index contributed by atoms with van der Waals surface area (Å²) >= 11 is 6.03. The number of halogens is 2. The lowest BCUT2D eigenvalue weighted by molar-refractivity contribution is 0.0984. The van der Waals surface area contributed by atoms with Gasteiger partial charge in [-0.1, -0.05) is 31.5 Å². The average molecular weight is 228 g/mol. The second kappa shape index (κ2) is 3.46. The van der Waals surface area contributed by atoms with Crippen molar-refractivity contribution in [3.8, 4) is 0 Å². The van der Waals surface area contributed by atoms with Crippen LogP contribution in [0.25, 0.3) is 0 Å². The molecule has 2 rings (SSSR count). The van der Waals surface area contributed by atoms with E-state index in [2.05, 4.69) is 13.8 Å². The van der Waals surface area contributed by atoms with Crippen LogP contribution in [0.1, 0.15) is 31.7 Å². The molecule has 1 saturated carbocycles. The fourth-order valence-corrected chi connectivity index (χ4v) is 2.57. The van der Waals surface area contributed by atoms with Crippen LogP contribution in [-0.4, -0.2) is 6.04 Å². The van der Waals surface area contributed by atoms with Gasteiger partial charge in [0.15, 0.2) is 0 Å². The summed E-state index contributed by atoms with van der Waals surface area (Å²) < 4.78 is 12.9. The van der Waals surface area contributed by atoms with Crippen molar-refractivity contribution >= 4 is 11.6 Å². The van der Waals surface area contributed by atoms with Gasteiger partial charge in [-0.2, -0.15) is 0 Å². The van der Waals surface area contributed by atoms with Gasteiger partial charge in [-0.3, -0.25) is 0 Å². The van der Waals surface area contributed by atoms with Gasteiger partial charge in [0.1, 0.15) is 5.82 Å². The molecule has 15 heavy (non-hydrogen) atoms. The topological polar surface area (TPSA) is 26.0 Å². The summed E-state index contributed by atoms with van der Waals surface area (Å²) in [5, 5.41) is 0.514. The minimum absolute atomic E-state index is 0.0570. The predicted molar refractivity (Wildman–Crippen MR) is 60.5 cm³/mol. The minimum atomic E-state index is -0.287. The molecule has 82 valence electrons. The third-order valence-corrected chi connectivity index (χ3v) is 4.01. The smallest absolute Gasteiger partial charge is 0.124 e. The largest absolute Gasteiger partial charge is 0.327 e. The molecule has 0 spiro atoms. The Balaban J connectivity index is 2.32. The van der Waals surface area contributed by atoms with Gasteiger partial charge >= 0.3 is 0 Å². The van der Waals surface area contributed by atoms with Crippen LogP contribution in [-0.2, 0) is 0 Å². The Morgan fingerprint density at radius 3 is 2.60 bits per heavy atom. The summed E-state index contributed by atoms with van der Waals surface area (Å²) in [4.78, 5) is 0. The Morgan fingerprint density at radius 2 is 2.13 bits per heavy atom. The zero-order chi connectivity index (χ0) is 11.2. The normalized spacial score (nSPS) is 28.6. The van der Waals surface area contributed by atoms with Crippen molar-refractivity contribution in [2.45, 2.75) is 32.2 Å². The number of nitrogens with two attached hydrogens (primary N) is 1. The first-order valence-corrected chi connectivity index (χ1v) is 5.51. The molecule has 0 aromatic heterocycles. The second-order valence-corrected chi connectivity index (χ2v) is 5.29. The average Bonchev–Trinajstić information content (AvgIpc) is 2.15. The standard InChI is InChI=1S/C12H15ClFN/c1-12(2)9(6-11(12)15)8-4-3-7(14)5-10(8)13/h3-5,9,11H,6,15H2,1-2H3. The molecular formula is C12H15ClFN. The summed E-state index contributed by atoms with van der Waals surface area (Å²) in [5.41, 5.74) is 7.02. The van der Waals surface area contributed by atoms with Gasteiger partial charge in [-0.05, 0) is 35.4 Å². The maximum Gasteiger partial charge on any atom is 0.124 e. The van der Waals surface area contributed by atoms with Crippen molar-refractivity contribution in [3.63, 3.8) is 0 Å². The maximum absolute atomic E-state index is 12.9. The molecule has 0 bridgehead atoms. The zero-order valence-electron chi connectivity index (χ0n) is 8.93. The quantitative estimate of drug-likeness (QED) is 0.783. The number of hydrogen-bond acceptors (Lipinski definition) is 1. The van der Waals surface area contributed by atoms with E-state index in [-0.39, 0.29) is 17.3 Å². The van der Waals surface area contributed by atoms with Gasteiger partial charge in [-0.25, -0.2) is 4.39 Å². The number of rotatable bonds is 1. The highest BCUT2D eigenvalue weighted by molar-refractivity contribution is 6.31. The van der Waals surface area contributed by atoms with Gasteiger partial charge in [0.25, 0.3) is 0 Å². The van der Waals surface area contributed by atoms with Gasteiger partial charge in [0.2, 0.25) is 0 Å². The Morgan fingerprint density at radius 1 is 1.47 bits per heavy atom. The molecule has 1 nitrogen and oxygen atoms in total. The van der Waals surface area contributed by atoms with Crippen molar-refractivity contribution in [2.24, 2.45) is 11.1 Å². The van der Waals surface area contributed by atoms with E-state index in [1.54, 1.807) is 6.07 Å². The third kappa shape index (κ3) is 1.66. The molecule has 2 unspecified atom stereocenters. The lowest BCUT2D eigenvalue weighted by Crippen LogP contribution is -2.52. The highest BCUT2D eigenvalue weighted by atomic mass is 35.5. The monoisotopic (exact) mass is 227 g/mol. The Hall–Kier alpha value is -0.600. The summed E-state index contributed by atoms with van der Waals surface area (Å²) in [6.45, 7) is 4.26. The summed E-state index contributed by atoms with van der Waals surface area (Å²) in [6.07, 6.45) is 0.929. The molecule has 0 radical (unpaired) electrons. The number of benzene rings is 1. The fraction of sp³-hybridized carbons (Fsp3) is 0.500. The maximum atomic E-state index is 12.9. The van der Waals surface area contributed by atoms with Crippen molar-refractivity contribution in [1.29, 1.82) is 0 Å². The van der Waals surface area contributed by atoms with Crippen LogP contribution in [0.15, 0.2) is 18.2 Å². The van der Waals surface area contributed by atoms with E-state index in [9.17, 15) is 4.39 Å². The van der Waals surface area contributed by atoms with Crippen LogP contribution < -0.4 is 5.73 Å². The van der Waals surface area contributed by atoms with Crippen molar-refractivity contribution < 1.29 is 4.39 Å². The molecule has 1 aromatic rings. The van der Waals surface area contributed by atoms with E-state index >= 15 is 0 Å². The van der Waals surface area contributed by atoms with Crippen LogP contribution >= 0.6 is 11.6 Å². The van der Waals surface area contributed by atoms with Crippen LogP contribution in [0, 0.1) is 11.2 Å². The van der Waals surface area contributed by atoms with E-state index in [1.165, 1.54) is 12.1 Å². The molecule has 1 fully saturated rings. The fourth-order valence-electron chi connectivity index (χ4n) is 2.27. The van der Waals surface area contributed by atoms with Crippen LogP contribution in [0.4, 0.5) is 4.39 Å². The molecule has 0 aliphatic heterocycles. The zero-order valence-corrected chi connectivity index (χ0v) is 9.68. The van der Waals surface area contributed by atoms with E-state index in [0.717, 1.165) is 12.0 Å². The van der Waals surface area contributed by atoms with E-state index in [4.69, 9.17) is 17.3 Å². The van der Waals surface area contributed by atoms with Gasteiger partial charge < -0.3 is 5.73 Å². The van der Waals surface area contributed by atoms with Crippen molar-refractivity contribution in [1.82, 2.24) is 0 Å². The molecule has 2 N–H and O–H groups in total. The van der Waals surface area contributed by atoms with Gasteiger partial charge in [-0.15, -0.1) is 0 Å². The van der Waals surface area contributed by atoms with Gasteiger partial charge in [0.05, 0.1) is 0 Å². The molecule has 1 aliphatic carbocycles. The van der Waals surface area contributed by atoms with Crippen LogP contribution in [0.2, 0.25) is 5.02 Å². The minimum Gasteiger partial charge on any atom is -0.327 e. The lowest BCUT2D eigenvalue weighted by Gasteiger charge is -2.51. The summed E-state index contributed by atoms with van der Waals surface area (Å²) in [6, 6.07) is 4.82. The number of hydrogen-bond donors (Lipinski definition) is 1. The molecule has 0 saturated heterocycles. The first-order valence-electron chi connectivity index (χ1n) is 5.13. The summed E-state index contributed by atoms with van der Waals surface area (Å²) in [7, 11) is 0. The summed E-state index contributed by atoms with van der Waals surface area (Å²) in [5.74, 6) is 0.0609. The Bertz CT molecular complexity index is 389. The Labute approximate surface area is 94.4 Å². The molecular weight excluding hydrogens is 213 g/mol. The SMILES string of the molecule is CC1(C)C(N)CC1c1ccc(F)cc1Cl. The van der Waals surface area contributed by atoms with Gasteiger partial charge in [0, 0.05) is 11.1 Å². The molecule has 3 heteroatoms. The first kappa shape index (κ1) is 10.9. The molecule has 1 aromatic carbocycles. The van der Waals surface area contributed by atoms with E-state index in [1.807, 2.05) is 0 Å². The second-order valence-electron chi connectivity index (χ2n) is 4.88. The molecule has 0 heterocycles. The Kier molecular flexibility index (Phi) is 2.52. The first-order chi connectivity index (χ1) is 6.93. The third-order valence-electron chi connectivity index (χ3n) is 3.68. The van der Waals surface area contributed by atoms with E-state index in [0.29, 0.717) is 10.9 Å². The lowest BCUT2D eigenvalue weighted by atomic mass is 9.57. The van der Waals surface area contributed by atoms with Crippen LogP contribution in [0.3, 0.4) is 0 Å². The van der Waals surface area contributed by atoms with Crippen LogP contribution in [0.5, 0.6) is 0 Å².